The van der Waals surface area contributed by atoms with Gasteiger partial charge >= 0.3 is 6.18 Å². The van der Waals surface area contributed by atoms with Crippen LogP contribution < -0.4 is 5.32 Å². The second-order valence-electron chi connectivity index (χ2n) is 5.92. The Hall–Kier alpha value is -1.11. The molecule has 0 saturated heterocycles. The quantitative estimate of drug-likeness (QED) is 0.848. The van der Waals surface area contributed by atoms with Gasteiger partial charge in [0, 0.05) is 19.1 Å². The summed E-state index contributed by atoms with van der Waals surface area (Å²) in [6.45, 7) is 3.95. The first-order chi connectivity index (χ1) is 9.53. The maximum Gasteiger partial charge on any atom is 0.416 e. The van der Waals surface area contributed by atoms with Crippen molar-refractivity contribution < 1.29 is 18.3 Å². The maximum atomic E-state index is 13.0. The highest BCUT2D eigenvalue weighted by atomic mass is 19.4. The van der Waals surface area contributed by atoms with E-state index in [1.165, 1.54) is 12.1 Å². The molecule has 1 rings (SSSR count). The third-order valence-corrected chi connectivity index (χ3v) is 3.18. The molecule has 0 spiro atoms. The Kier molecular flexibility index (Phi) is 5.78. The summed E-state index contributed by atoms with van der Waals surface area (Å²) in [4.78, 5) is 1.83. The first kappa shape index (κ1) is 17.9. The Bertz CT molecular complexity index is 458. The Morgan fingerprint density at radius 3 is 2.33 bits per heavy atom. The van der Waals surface area contributed by atoms with E-state index in [-0.39, 0.29) is 12.1 Å². The van der Waals surface area contributed by atoms with Crippen molar-refractivity contribution >= 4 is 0 Å². The Balaban J connectivity index is 2.79. The molecule has 3 nitrogen and oxygen atoms in total. The fraction of sp³-hybridized carbons (Fsp3) is 0.600. The minimum atomic E-state index is -4.38. The van der Waals surface area contributed by atoms with Crippen LogP contribution in [-0.2, 0) is 6.18 Å². The molecule has 0 aromatic heterocycles. The van der Waals surface area contributed by atoms with Crippen molar-refractivity contribution in [1.82, 2.24) is 10.2 Å². The van der Waals surface area contributed by atoms with Crippen molar-refractivity contribution in [2.75, 3.05) is 27.2 Å². The van der Waals surface area contributed by atoms with Crippen molar-refractivity contribution in [3.05, 3.63) is 35.4 Å². The van der Waals surface area contributed by atoms with Crippen LogP contribution in [0.4, 0.5) is 13.2 Å². The predicted octanol–water partition coefficient (Wildman–Crippen LogP) is 2.67. The fourth-order valence-corrected chi connectivity index (χ4v) is 2.35. The number of alkyl halides is 3. The van der Waals surface area contributed by atoms with Crippen molar-refractivity contribution in [2.45, 2.75) is 31.7 Å². The van der Waals surface area contributed by atoms with E-state index >= 15 is 0 Å². The number of hydrogen-bond donors (Lipinski definition) is 2. The molecule has 0 fully saturated rings. The molecule has 0 saturated carbocycles. The molecular formula is C15H23F3N2O. The van der Waals surface area contributed by atoms with Gasteiger partial charge in [0.1, 0.15) is 0 Å². The maximum absolute atomic E-state index is 13.0. The van der Waals surface area contributed by atoms with Crippen LogP contribution >= 0.6 is 0 Å². The van der Waals surface area contributed by atoms with Gasteiger partial charge in [0.25, 0.3) is 0 Å². The van der Waals surface area contributed by atoms with Crippen LogP contribution in [0, 0.1) is 0 Å². The van der Waals surface area contributed by atoms with E-state index in [9.17, 15) is 18.3 Å². The van der Waals surface area contributed by atoms with Crippen LogP contribution in [-0.4, -0.2) is 42.8 Å². The highest BCUT2D eigenvalue weighted by Crippen LogP contribution is 2.34. The van der Waals surface area contributed by atoms with Crippen molar-refractivity contribution in [1.29, 1.82) is 0 Å². The van der Waals surface area contributed by atoms with Gasteiger partial charge in [-0.05, 0) is 39.6 Å². The lowest BCUT2D eigenvalue weighted by Gasteiger charge is -2.29. The minimum absolute atomic E-state index is 0.186. The van der Waals surface area contributed by atoms with E-state index in [4.69, 9.17) is 0 Å². The van der Waals surface area contributed by atoms with Gasteiger partial charge in [-0.3, -0.25) is 0 Å². The monoisotopic (exact) mass is 304 g/mol. The molecule has 2 atom stereocenters. The van der Waals surface area contributed by atoms with Crippen LogP contribution in [0.25, 0.3) is 0 Å². The van der Waals surface area contributed by atoms with Gasteiger partial charge in [-0.25, -0.2) is 0 Å². The zero-order valence-electron chi connectivity index (χ0n) is 12.8. The molecule has 1 aromatic carbocycles. The summed E-state index contributed by atoms with van der Waals surface area (Å²) in [5.41, 5.74) is -1.46. The molecule has 0 amide bonds. The number of likely N-dealkylation sites (N-methyl/N-ethyl adjacent to an activating group) is 1. The molecule has 120 valence electrons. The minimum Gasteiger partial charge on any atom is -0.388 e. The Morgan fingerprint density at radius 1 is 1.24 bits per heavy atom. The lowest BCUT2D eigenvalue weighted by atomic mass is 9.99. The van der Waals surface area contributed by atoms with E-state index in [0.717, 1.165) is 6.07 Å². The predicted molar refractivity (Wildman–Crippen MR) is 77.0 cm³/mol. The number of nitrogens with one attached hydrogen (secondary N) is 1. The summed E-state index contributed by atoms with van der Waals surface area (Å²) in [5, 5.41) is 13.2. The standard InChI is InChI=1S/C15H23F3N2O/c1-11(19-9-14(2,21)10-20(3)4)12-7-5-6-8-13(12)15(16,17)18/h5-8,11,19,21H,9-10H2,1-4H3. The SMILES string of the molecule is CC(NCC(C)(O)CN(C)C)c1ccccc1C(F)(F)F. The lowest BCUT2D eigenvalue weighted by Crippen LogP contribution is -2.46. The smallest absolute Gasteiger partial charge is 0.388 e. The normalized spacial score (nSPS) is 16.8. The summed E-state index contributed by atoms with van der Waals surface area (Å²) in [6, 6.07) is 4.99. The van der Waals surface area contributed by atoms with E-state index in [1.54, 1.807) is 19.9 Å². The molecular weight excluding hydrogens is 281 g/mol. The molecule has 21 heavy (non-hydrogen) atoms. The second-order valence-corrected chi connectivity index (χ2v) is 5.92. The van der Waals surface area contributed by atoms with Crippen molar-refractivity contribution in [2.24, 2.45) is 0 Å². The summed E-state index contributed by atoms with van der Waals surface area (Å²) < 4.78 is 38.9. The Morgan fingerprint density at radius 2 is 1.81 bits per heavy atom. The molecule has 0 radical (unpaired) electrons. The summed E-state index contributed by atoms with van der Waals surface area (Å²) >= 11 is 0. The summed E-state index contributed by atoms with van der Waals surface area (Å²) in [5.74, 6) is 0. The average Bonchev–Trinajstić information content (AvgIpc) is 2.33. The highest BCUT2D eigenvalue weighted by Gasteiger charge is 2.34. The largest absolute Gasteiger partial charge is 0.416 e. The van der Waals surface area contributed by atoms with Crippen LogP contribution in [0.3, 0.4) is 0 Å². The highest BCUT2D eigenvalue weighted by molar-refractivity contribution is 5.32. The van der Waals surface area contributed by atoms with Crippen LogP contribution in [0.2, 0.25) is 0 Å². The van der Waals surface area contributed by atoms with E-state index in [1.807, 2.05) is 19.0 Å². The number of nitrogens with zero attached hydrogens (tertiary/aromatic N) is 1. The lowest BCUT2D eigenvalue weighted by molar-refractivity contribution is -0.138. The number of halogens is 3. The van der Waals surface area contributed by atoms with E-state index in [0.29, 0.717) is 6.54 Å². The van der Waals surface area contributed by atoms with Crippen molar-refractivity contribution in [3.63, 3.8) is 0 Å². The molecule has 0 aliphatic carbocycles. The van der Waals surface area contributed by atoms with Gasteiger partial charge in [0.2, 0.25) is 0 Å². The molecule has 0 heterocycles. The fourth-order valence-electron chi connectivity index (χ4n) is 2.35. The molecule has 0 bridgehead atoms. The number of hydrogen-bond acceptors (Lipinski definition) is 3. The molecule has 0 aliphatic rings. The zero-order chi connectivity index (χ0) is 16.3. The van der Waals surface area contributed by atoms with Gasteiger partial charge < -0.3 is 15.3 Å². The molecule has 0 aliphatic heterocycles. The van der Waals surface area contributed by atoms with Crippen molar-refractivity contribution in [3.8, 4) is 0 Å². The number of aliphatic hydroxyl groups is 1. The molecule has 1 aromatic rings. The first-order valence-electron chi connectivity index (χ1n) is 6.79. The molecule has 2 N–H and O–H groups in total. The van der Waals surface area contributed by atoms with Gasteiger partial charge in [0.15, 0.2) is 0 Å². The second kappa shape index (κ2) is 6.77. The van der Waals surface area contributed by atoms with Crippen LogP contribution in [0.5, 0.6) is 0 Å². The molecule has 2 unspecified atom stereocenters. The van der Waals surface area contributed by atoms with E-state index in [2.05, 4.69) is 5.32 Å². The van der Waals surface area contributed by atoms with Gasteiger partial charge in [-0.1, -0.05) is 18.2 Å². The zero-order valence-corrected chi connectivity index (χ0v) is 12.8. The third-order valence-electron chi connectivity index (χ3n) is 3.18. The van der Waals surface area contributed by atoms with Gasteiger partial charge in [-0.15, -0.1) is 0 Å². The van der Waals surface area contributed by atoms with Crippen LogP contribution in [0.1, 0.15) is 31.0 Å². The topological polar surface area (TPSA) is 35.5 Å². The van der Waals surface area contributed by atoms with Gasteiger partial charge in [-0.2, -0.15) is 13.2 Å². The first-order valence-corrected chi connectivity index (χ1v) is 6.79. The summed E-state index contributed by atoms with van der Waals surface area (Å²) in [6.07, 6.45) is -4.38. The van der Waals surface area contributed by atoms with Gasteiger partial charge in [0.05, 0.1) is 11.2 Å². The van der Waals surface area contributed by atoms with Crippen LogP contribution in [0.15, 0.2) is 24.3 Å². The van der Waals surface area contributed by atoms with E-state index < -0.39 is 23.4 Å². The Labute approximate surface area is 123 Å². The molecule has 6 heteroatoms. The summed E-state index contributed by atoms with van der Waals surface area (Å²) in [7, 11) is 3.66. The average molecular weight is 304 g/mol. The number of benzene rings is 1. The third kappa shape index (κ3) is 5.65. The number of rotatable bonds is 6.